The van der Waals surface area contributed by atoms with Crippen molar-refractivity contribution in [2.75, 3.05) is 7.11 Å². The van der Waals surface area contributed by atoms with E-state index in [0.29, 0.717) is 11.5 Å². The summed E-state index contributed by atoms with van der Waals surface area (Å²) in [5, 5.41) is 2.68. The normalized spacial score (nSPS) is 13.4. The number of Topliss-reactive ketones (excluding diaryl/α,β-unsaturated/α-hetero) is 1. The van der Waals surface area contributed by atoms with E-state index in [1.54, 1.807) is 0 Å². The molecule has 0 aliphatic heterocycles. The van der Waals surface area contributed by atoms with Gasteiger partial charge in [-0.15, -0.1) is 0 Å². The van der Waals surface area contributed by atoms with Gasteiger partial charge in [0.25, 0.3) is 0 Å². The third-order valence-electron chi connectivity index (χ3n) is 3.55. The minimum atomic E-state index is -1.06. The highest BCUT2D eigenvalue weighted by atomic mass is 16.5. The van der Waals surface area contributed by atoms with Crippen molar-refractivity contribution in [3.63, 3.8) is 0 Å². The first-order valence-electron chi connectivity index (χ1n) is 7.23. The standard InChI is InChI=1S/C17H23NO4/c1-10(2)13-6-8-14(9-7-13)16(18-12(4)20)15(11(3)19)17(21)22-5/h6-10,15-16H,1-5H3,(H,18,20)/t15-,16-/m0/s1. The lowest BCUT2D eigenvalue weighted by molar-refractivity contribution is -0.150. The molecule has 0 spiro atoms. The Kier molecular flexibility index (Phi) is 6.28. The first kappa shape index (κ1) is 17.9. The van der Waals surface area contributed by atoms with Gasteiger partial charge in [0, 0.05) is 6.92 Å². The number of esters is 1. The summed E-state index contributed by atoms with van der Waals surface area (Å²) in [6.07, 6.45) is 0. The van der Waals surface area contributed by atoms with E-state index in [-0.39, 0.29) is 11.7 Å². The van der Waals surface area contributed by atoms with Crippen molar-refractivity contribution in [1.29, 1.82) is 0 Å². The van der Waals surface area contributed by atoms with Crippen LogP contribution in [0.5, 0.6) is 0 Å². The van der Waals surface area contributed by atoms with Gasteiger partial charge in [-0.3, -0.25) is 14.4 Å². The number of carbonyl (C=O) groups excluding carboxylic acids is 3. The van der Waals surface area contributed by atoms with Crippen LogP contribution in [0.25, 0.3) is 0 Å². The van der Waals surface area contributed by atoms with Crippen molar-refractivity contribution in [3.05, 3.63) is 35.4 Å². The van der Waals surface area contributed by atoms with Crippen LogP contribution >= 0.6 is 0 Å². The molecule has 0 unspecified atom stereocenters. The van der Waals surface area contributed by atoms with E-state index in [9.17, 15) is 14.4 Å². The summed E-state index contributed by atoms with van der Waals surface area (Å²) in [7, 11) is 1.23. The molecule has 2 atom stereocenters. The minimum absolute atomic E-state index is 0.312. The number of amides is 1. The van der Waals surface area contributed by atoms with E-state index in [4.69, 9.17) is 4.74 Å². The quantitative estimate of drug-likeness (QED) is 0.647. The molecule has 5 nitrogen and oxygen atoms in total. The van der Waals surface area contributed by atoms with Crippen LogP contribution in [-0.4, -0.2) is 24.8 Å². The van der Waals surface area contributed by atoms with Crippen molar-refractivity contribution in [2.45, 2.75) is 39.7 Å². The number of hydrogen-bond donors (Lipinski definition) is 1. The Balaban J connectivity index is 3.23. The lowest BCUT2D eigenvalue weighted by atomic mass is 9.88. The third kappa shape index (κ3) is 4.41. The van der Waals surface area contributed by atoms with Crippen LogP contribution in [0.1, 0.15) is 50.8 Å². The summed E-state index contributed by atoms with van der Waals surface area (Å²) < 4.78 is 4.71. The predicted octanol–water partition coefficient (Wildman–Crippen LogP) is 2.37. The second-order valence-corrected chi connectivity index (χ2v) is 5.61. The number of nitrogens with one attached hydrogen (secondary N) is 1. The molecular formula is C17H23NO4. The lowest BCUT2D eigenvalue weighted by Gasteiger charge is -2.24. The molecule has 0 aliphatic carbocycles. The average molecular weight is 305 g/mol. The summed E-state index contributed by atoms with van der Waals surface area (Å²) in [4.78, 5) is 35.3. The topological polar surface area (TPSA) is 72.5 Å². The Labute approximate surface area is 131 Å². The largest absolute Gasteiger partial charge is 0.468 e. The fourth-order valence-electron chi connectivity index (χ4n) is 2.33. The molecule has 1 aromatic carbocycles. The number of benzene rings is 1. The van der Waals surface area contributed by atoms with Gasteiger partial charge in [0.2, 0.25) is 5.91 Å². The Morgan fingerprint density at radius 2 is 1.50 bits per heavy atom. The van der Waals surface area contributed by atoms with Crippen LogP contribution in [-0.2, 0) is 19.1 Å². The van der Waals surface area contributed by atoms with Crippen molar-refractivity contribution in [2.24, 2.45) is 5.92 Å². The van der Waals surface area contributed by atoms with Crippen LogP contribution in [0.2, 0.25) is 0 Å². The number of rotatable bonds is 6. The van der Waals surface area contributed by atoms with Gasteiger partial charge in [-0.1, -0.05) is 38.1 Å². The van der Waals surface area contributed by atoms with Crippen molar-refractivity contribution >= 4 is 17.7 Å². The zero-order chi connectivity index (χ0) is 16.9. The summed E-state index contributed by atoms with van der Waals surface area (Å²) in [6.45, 7) is 6.82. The van der Waals surface area contributed by atoms with E-state index in [2.05, 4.69) is 19.2 Å². The molecule has 1 aromatic rings. The molecule has 0 saturated heterocycles. The third-order valence-corrected chi connectivity index (χ3v) is 3.55. The number of ketones is 1. The van der Waals surface area contributed by atoms with Gasteiger partial charge in [-0.05, 0) is 24.0 Å². The SMILES string of the molecule is COC(=O)[C@@H](C(C)=O)[C@@H](NC(C)=O)c1ccc(C(C)C)cc1. The molecule has 1 rings (SSSR count). The van der Waals surface area contributed by atoms with Gasteiger partial charge in [-0.25, -0.2) is 0 Å². The first-order valence-corrected chi connectivity index (χ1v) is 7.23. The van der Waals surface area contributed by atoms with Gasteiger partial charge < -0.3 is 10.1 Å². The molecule has 1 N–H and O–H groups in total. The van der Waals surface area contributed by atoms with E-state index < -0.39 is 17.9 Å². The van der Waals surface area contributed by atoms with Gasteiger partial charge in [0.1, 0.15) is 11.7 Å². The van der Waals surface area contributed by atoms with Crippen LogP contribution in [0.15, 0.2) is 24.3 Å². The molecule has 120 valence electrons. The Bertz CT molecular complexity index is 548. The van der Waals surface area contributed by atoms with Crippen LogP contribution in [0, 0.1) is 5.92 Å². The number of hydrogen-bond acceptors (Lipinski definition) is 4. The molecular weight excluding hydrogens is 282 g/mol. The number of ether oxygens (including phenoxy) is 1. The van der Waals surface area contributed by atoms with Gasteiger partial charge in [0.05, 0.1) is 13.2 Å². The number of carbonyl (C=O) groups is 3. The fourth-order valence-corrected chi connectivity index (χ4v) is 2.33. The van der Waals surface area contributed by atoms with E-state index >= 15 is 0 Å². The molecule has 0 heterocycles. The summed E-state index contributed by atoms with van der Waals surface area (Å²) >= 11 is 0. The Morgan fingerprint density at radius 3 is 1.86 bits per heavy atom. The smallest absolute Gasteiger partial charge is 0.318 e. The lowest BCUT2D eigenvalue weighted by Crippen LogP contribution is -2.39. The van der Waals surface area contributed by atoms with Gasteiger partial charge in [-0.2, -0.15) is 0 Å². The second kappa shape index (κ2) is 7.73. The molecule has 1 amide bonds. The highest BCUT2D eigenvalue weighted by molar-refractivity contribution is 5.99. The highest BCUT2D eigenvalue weighted by Crippen LogP contribution is 2.26. The number of methoxy groups -OCH3 is 1. The van der Waals surface area contributed by atoms with Crippen molar-refractivity contribution in [3.8, 4) is 0 Å². The van der Waals surface area contributed by atoms with E-state index in [0.717, 1.165) is 5.56 Å². The minimum Gasteiger partial charge on any atom is -0.468 e. The summed E-state index contributed by atoms with van der Waals surface area (Å²) in [6, 6.07) is 6.79. The van der Waals surface area contributed by atoms with Gasteiger partial charge >= 0.3 is 5.97 Å². The molecule has 0 fully saturated rings. The maximum absolute atomic E-state index is 11.9. The maximum Gasteiger partial charge on any atom is 0.318 e. The predicted molar refractivity (Wildman–Crippen MR) is 83.3 cm³/mol. The molecule has 5 heteroatoms. The van der Waals surface area contributed by atoms with E-state index in [1.165, 1.54) is 21.0 Å². The molecule has 0 aliphatic rings. The van der Waals surface area contributed by atoms with Crippen LogP contribution < -0.4 is 5.32 Å². The summed E-state index contributed by atoms with van der Waals surface area (Å²) in [5.74, 6) is -2.00. The van der Waals surface area contributed by atoms with Crippen LogP contribution in [0.4, 0.5) is 0 Å². The highest BCUT2D eigenvalue weighted by Gasteiger charge is 2.35. The molecule has 0 bridgehead atoms. The molecule has 0 saturated carbocycles. The zero-order valence-corrected chi connectivity index (χ0v) is 13.7. The van der Waals surface area contributed by atoms with E-state index in [1.807, 2.05) is 24.3 Å². The van der Waals surface area contributed by atoms with Crippen molar-refractivity contribution in [1.82, 2.24) is 5.32 Å². The first-order chi connectivity index (χ1) is 10.3. The van der Waals surface area contributed by atoms with Crippen molar-refractivity contribution < 1.29 is 19.1 Å². The molecule has 0 radical (unpaired) electrons. The van der Waals surface area contributed by atoms with Gasteiger partial charge in [0.15, 0.2) is 0 Å². The molecule has 22 heavy (non-hydrogen) atoms. The fraction of sp³-hybridized carbons (Fsp3) is 0.471. The maximum atomic E-state index is 11.9. The second-order valence-electron chi connectivity index (χ2n) is 5.61. The zero-order valence-electron chi connectivity index (χ0n) is 13.7. The Hall–Kier alpha value is -2.17. The summed E-state index contributed by atoms with van der Waals surface area (Å²) in [5.41, 5.74) is 1.84. The van der Waals surface area contributed by atoms with Crippen LogP contribution in [0.3, 0.4) is 0 Å². The average Bonchev–Trinajstić information content (AvgIpc) is 2.45. The molecule has 0 aromatic heterocycles. The monoisotopic (exact) mass is 305 g/mol. The Morgan fingerprint density at radius 1 is 1.00 bits per heavy atom.